The van der Waals surface area contributed by atoms with Crippen LogP contribution in [-0.4, -0.2) is 6.54 Å². The van der Waals surface area contributed by atoms with E-state index in [0.29, 0.717) is 12.5 Å². The van der Waals surface area contributed by atoms with Gasteiger partial charge in [0.1, 0.15) is 0 Å². The van der Waals surface area contributed by atoms with Crippen molar-refractivity contribution in [2.75, 3.05) is 6.54 Å². The molecule has 1 aromatic carbocycles. The first-order chi connectivity index (χ1) is 6.65. The summed E-state index contributed by atoms with van der Waals surface area (Å²) in [5.74, 6) is 0.570. The van der Waals surface area contributed by atoms with E-state index in [4.69, 9.17) is 5.73 Å². The molecule has 0 saturated carbocycles. The number of hydrogen-bond donors (Lipinski definition) is 1. The predicted molar refractivity (Wildman–Crippen MR) is 63.2 cm³/mol. The van der Waals surface area contributed by atoms with Gasteiger partial charge in [0.05, 0.1) is 0 Å². The SMILES string of the molecule is C=C(CCN)c1cccc(C(C)C)c1. The summed E-state index contributed by atoms with van der Waals surface area (Å²) in [6.45, 7) is 9.10. The van der Waals surface area contributed by atoms with Crippen molar-refractivity contribution in [1.29, 1.82) is 0 Å². The van der Waals surface area contributed by atoms with Crippen molar-refractivity contribution in [2.24, 2.45) is 5.73 Å². The highest BCUT2D eigenvalue weighted by Gasteiger charge is 2.02. The van der Waals surface area contributed by atoms with Crippen LogP contribution in [0.1, 0.15) is 37.3 Å². The molecule has 0 spiro atoms. The Morgan fingerprint density at radius 1 is 1.43 bits per heavy atom. The maximum Gasteiger partial charge on any atom is -0.00367 e. The normalized spacial score (nSPS) is 10.6. The van der Waals surface area contributed by atoms with E-state index < -0.39 is 0 Å². The molecule has 1 aromatic rings. The lowest BCUT2D eigenvalue weighted by molar-refractivity contribution is 0.865. The Bertz CT molecular complexity index is 313. The zero-order valence-electron chi connectivity index (χ0n) is 9.09. The topological polar surface area (TPSA) is 26.0 Å². The van der Waals surface area contributed by atoms with Gasteiger partial charge in [-0.05, 0) is 35.6 Å². The van der Waals surface area contributed by atoms with Crippen LogP contribution >= 0.6 is 0 Å². The van der Waals surface area contributed by atoms with Gasteiger partial charge < -0.3 is 5.73 Å². The fourth-order valence-electron chi connectivity index (χ4n) is 1.44. The second-order valence-electron chi connectivity index (χ2n) is 3.92. The van der Waals surface area contributed by atoms with E-state index in [2.05, 4.69) is 44.7 Å². The largest absolute Gasteiger partial charge is 0.330 e. The second kappa shape index (κ2) is 4.97. The molecule has 1 heteroatoms. The summed E-state index contributed by atoms with van der Waals surface area (Å²) in [7, 11) is 0. The minimum absolute atomic E-state index is 0.570. The first-order valence-electron chi connectivity index (χ1n) is 5.13. The lowest BCUT2D eigenvalue weighted by Crippen LogP contribution is -1.99. The first-order valence-corrected chi connectivity index (χ1v) is 5.13. The van der Waals surface area contributed by atoms with Gasteiger partial charge in [-0.2, -0.15) is 0 Å². The van der Waals surface area contributed by atoms with Gasteiger partial charge in [-0.3, -0.25) is 0 Å². The summed E-state index contributed by atoms with van der Waals surface area (Å²) in [6.07, 6.45) is 0.877. The molecule has 1 nitrogen and oxygen atoms in total. The molecule has 0 aromatic heterocycles. The minimum atomic E-state index is 0.570. The summed E-state index contributed by atoms with van der Waals surface area (Å²) in [6, 6.07) is 8.56. The van der Waals surface area contributed by atoms with Gasteiger partial charge >= 0.3 is 0 Å². The summed E-state index contributed by atoms with van der Waals surface area (Å²) >= 11 is 0. The van der Waals surface area contributed by atoms with E-state index >= 15 is 0 Å². The Morgan fingerprint density at radius 2 is 2.14 bits per heavy atom. The van der Waals surface area contributed by atoms with Gasteiger partial charge in [0.25, 0.3) is 0 Å². The molecule has 0 fully saturated rings. The fourth-order valence-corrected chi connectivity index (χ4v) is 1.44. The van der Waals surface area contributed by atoms with Gasteiger partial charge in [-0.1, -0.05) is 44.7 Å². The average Bonchev–Trinajstić information content (AvgIpc) is 2.18. The van der Waals surface area contributed by atoms with E-state index in [1.54, 1.807) is 0 Å². The molecule has 0 heterocycles. The van der Waals surface area contributed by atoms with E-state index in [0.717, 1.165) is 12.0 Å². The maximum absolute atomic E-state index is 5.50. The van der Waals surface area contributed by atoms with Crippen LogP contribution in [0.2, 0.25) is 0 Å². The molecule has 0 saturated heterocycles. The Morgan fingerprint density at radius 3 is 2.71 bits per heavy atom. The molecule has 1 rings (SSSR count). The summed E-state index contributed by atoms with van der Waals surface area (Å²) < 4.78 is 0. The number of rotatable bonds is 4. The Labute approximate surface area is 86.6 Å². The first kappa shape index (κ1) is 11.0. The van der Waals surface area contributed by atoms with Gasteiger partial charge in [0, 0.05) is 0 Å². The number of hydrogen-bond acceptors (Lipinski definition) is 1. The molecule has 14 heavy (non-hydrogen) atoms. The molecule has 76 valence electrons. The highest BCUT2D eigenvalue weighted by molar-refractivity contribution is 5.64. The van der Waals surface area contributed by atoms with E-state index in [1.807, 2.05) is 0 Å². The number of benzene rings is 1. The van der Waals surface area contributed by atoms with Crippen molar-refractivity contribution in [2.45, 2.75) is 26.2 Å². The van der Waals surface area contributed by atoms with E-state index in [1.165, 1.54) is 11.1 Å². The Hall–Kier alpha value is -1.08. The monoisotopic (exact) mass is 189 g/mol. The van der Waals surface area contributed by atoms with Crippen LogP contribution in [0, 0.1) is 0 Å². The van der Waals surface area contributed by atoms with Crippen LogP contribution in [0.5, 0.6) is 0 Å². The van der Waals surface area contributed by atoms with Crippen LogP contribution in [0.4, 0.5) is 0 Å². The van der Waals surface area contributed by atoms with Crippen molar-refractivity contribution in [1.82, 2.24) is 0 Å². The molecule has 0 amide bonds. The molecular weight excluding hydrogens is 170 g/mol. The molecule has 0 radical (unpaired) electrons. The lowest BCUT2D eigenvalue weighted by atomic mass is 9.97. The second-order valence-corrected chi connectivity index (χ2v) is 3.92. The quantitative estimate of drug-likeness (QED) is 0.773. The van der Waals surface area contributed by atoms with Crippen LogP contribution in [0.25, 0.3) is 5.57 Å². The van der Waals surface area contributed by atoms with Crippen molar-refractivity contribution in [3.05, 3.63) is 42.0 Å². The third kappa shape index (κ3) is 2.71. The van der Waals surface area contributed by atoms with Crippen LogP contribution in [-0.2, 0) is 0 Å². The van der Waals surface area contributed by atoms with Crippen molar-refractivity contribution in [3.8, 4) is 0 Å². The van der Waals surface area contributed by atoms with E-state index in [-0.39, 0.29) is 0 Å². The van der Waals surface area contributed by atoms with Crippen LogP contribution in [0.3, 0.4) is 0 Å². The van der Waals surface area contributed by atoms with Gasteiger partial charge in [-0.15, -0.1) is 0 Å². The van der Waals surface area contributed by atoms with Gasteiger partial charge in [-0.25, -0.2) is 0 Å². The standard InChI is InChI=1S/C13H19N/c1-10(2)12-5-4-6-13(9-12)11(3)7-8-14/h4-6,9-10H,3,7-8,14H2,1-2H3. The fraction of sp³-hybridized carbons (Fsp3) is 0.385. The number of nitrogens with two attached hydrogens (primary N) is 1. The zero-order chi connectivity index (χ0) is 10.6. The summed E-state index contributed by atoms with van der Waals surface area (Å²) in [4.78, 5) is 0. The Kier molecular flexibility index (Phi) is 3.90. The summed E-state index contributed by atoms with van der Waals surface area (Å²) in [5, 5.41) is 0. The van der Waals surface area contributed by atoms with Crippen molar-refractivity contribution >= 4 is 5.57 Å². The average molecular weight is 189 g/mol. The van der Waals surface area contributed by atoms with Crippen molar-refractivity contribution in [3.63, 3.8) is 0 Å². The Balaban J connectivity index is 2.88. The van der Waals surface area contributed by atoms with Crippen molar-refractivity contribution < 1.29 is 0 Å². The maximum atomic E-state index is 5.50. The van der Waals surface area contributed by atoms with Gasteiger partial charge in [0.2, 0.25) is 0 Å². The molecular formula is C13H19N. The highest BCUT2D eigenvalue weighted by atomic mass is 14.5. The molecule has 0 aliphatic heterocycles. The van der Waals surface area contributed by atoms with E-state index in [9.17, 15) is 0 Å². The molecule has 0 aliphatic carbocycles. The third-order valence-corrected chi connectivity index (χ3v) is 2.41. The molecule has 2 N–H and O–H groups in total. The van der Waals surface area contributed by atoms with Gasteiger partial charge in [0.15, 0.2) is 0 Å². The highest BCUT2D eigenvalue weighted by Crippen LogP contribution is 2.21. The summed E-state index contributed by atoms with van der Waals surface area (Å²) in [5.41, 5.74) is 9.22. The minimum Gasteiger partial charge on any atom is -0.330 e. The third-order valence-electron chi connectivity index (χ3n) is 2.41. The smallest absolute Gasteiger partial charge is 0.00367 e. The van der Waals surface area contributed by atoms with Crippen LogP contribution < -0.4 is 5.73 Å². The predicted octanol–water partition coefficient (Wildman–Crippen LogP) is 3.17. The van der Waals surface area contributed by atoms with Crippen LogP contribution in [0.15, 0.2) is 30.8 Å². The lowest BCUT2D eigenvalue weighted by Gasteiger charge is -2.09. The molecule has 0 atom stereocenters. The zero-order valence-corrected chi connectivity index (χ0v) is 9.09. The molecule has 0 unspecified atom stereocenters. The molecule has 0 aliphatic rings. The molecule has 0 bridgehead atoms.